The summed E-state index contributed by atoms with van der Waals surface area (Å²) >= 11 is 6.16. The standard InChI is InChI=1S/C13H20ClNO/c1-4-16-10(3)13(15)8-11-6-5-9(2)7-12(11)14/h5-7,10,13H,4,8,15H2,1-3H3. The maximum atomic E-state index is 6.16. The molecule has 1 rings (SSSR count). The molecule has 0 saturated heterocycles. The van der Waals surface area contributed by atoms with Crippen LogP contribution in [0.25, 0.3) is 0 Å². The van der Waals surface area contributed by atoms with Crippen molar-refractivity contribution in [1.82, 2.24) is 0 Å². The molecule has 0 aliphatic heterocycles. The van der Waals surface area contributed by atoms with Crippen molar-refractivity contribution >= 4 is 11.6 Å². The Balaban J connectivity index is 2.65. The summed E-state index contributed by atoms with van der Waals surface area (Å²) in [5, 5.41) is 0.791. The van der Waals surface area contributed by atoms with E-state index < -0.39 is 0 Å². The number of benzene rings is 1. The Hall–Kier alpha value is -0.570. The van der Waals surface area contributed by atoms with Gasteiger partial charge in [-0.25, -0.2) is 0 Å². The second-order valence-electron chi connectivity index (χ2n) is 4.12. The van der Waals surface area contributed by atoms with Crippen molar-refractivity contribution in [2.75, 3.05) is 6.61 Å². The number of hydrogen-bond acceptors (Lipinski definition) is 2. The van der Waals surface area contributed by atoms with Gasteiger partial charge in [-0.15, -0.1) is 0 Å². The lowest BCUT2D eigenvalue weighted by atomic mass is 10.0. The predicted octanol–water partition coefficient (Wildman–Crippen LogP) is 2.94. The fourth-order valence-electron chi connectivity index (χ4n) is 1.62. The number of halogens is 1. The Morgan fingerprint density at radius 2 is 2.12 bits per heavy atom. The monoisotopic (exact) mass is 241 g/mol. The SMILES string of the molecule is CCOC(C)C(N)Cc1ccc(C)cc1Cl. The molecule has 1 aromatic rings. The zero-order valence-electron chi connectivity index (χ0n) is 10.2. The van der Waals surface area contributed by atoms with Gasteiger partial charge in [0.1, 0.15) is 0 Å². The van der Waals surface area contributed by atoms with Crippen molar-refractivity contribution in [3.05, 3.63) is 34.3 Å². The van der Waals surface area contributed by atoms with E-state index in [4.69, 9.17) is 22.1 Å². The fraction of sp³-hybridized carbons (Fsp3) is 0.538. The van der Waals surface area contributed by atoms with Crippen LogP contribution in [-0.2, 0) is 11.2 Å². The van der Waals surface area contributed by atoms with Gasteiger partial charge in [-0.2, -0.15) is 0 Å². The minimum absolute atomic E-state index is 0.0137. The normalized spacial score (nSPS) is 14.8. The number of ether oxygens (including phenoxy) is 1. The van der Waals surface area contributed by atoms with Crippen LogP contribution >= 0.6 is 11.6 Å². The van der Waals surface area contributed by atoms with Gasteiger partial charge in [0.2, 0.25) is 0 Å². The maximum absolute atomic E-state index is 6.16. The van der Waals surface area contributed by atoms with Crippen LogP contribution in [0.2, 0.25) is 5.02 Å². The van der Waals surface area contributed by atoms with E-state index in [1.807, 2.05) is 32.9 Å². The van der Waals surface area contributed by atoms with Gasteiger partial charge in [0.15, 0.2) is 0 Å². The molecule has 0 aliphatic rings. The molecule has 2 nitrogen and oxygen atoms in total. The summed E-state index contributed by atoms with van der Waals surface area (Å²) in [5.74, 6) is 0. The summed E-state index contributed by atoms with van der Waals surface area (Å²) in [6.07, 6.45) is 0.808. The van der Waals surface area contributed by atoms with Gasteiger partial charge < -0.3 is 10.5 Å². The zero-order valence-corrected chi connectivity index (χ0v) is 10.9. The number of hydrogen-bond donors (Lipinski definition) is 1. The lowest BCUT2D eigenvalue weighted by Gasteiger charge is -2.20. The first kappa shape index (κ1) is 13.5. The van der Waals surface area contributed by atoms with Crippen molar-refractivity contribution in [3.8, 4) is 0 Å². The molecule has 0 aromatic heterocycles. The Morgan fingerprint density at radius 1 is 1.44 bits per heavy atom. The summed E-state index contributed by atoms with van der Waals surface area (Å²) in [5.41, 5.74) is 8.31. The van der Waals surface area contributed by atoms with Gasteiger partial charge in [-0.3, -0.25) is 0 Å². The van der Waals surface area contributed by atoms with E-state index in [-0.39, 0.29) is 12.1 Å². The topological polar surface area (TPSA) is 35.2 Å². The molecule has 0 bridgehead atoms. The van der Waals surface area contributed by atoms with E-state index >= 15 is 0 Å². The van der Waals surface area contributed by atoms with E-state index in [9.17, 15) is 0 Å². The summed E-state index contributed by atoms with van der Waals surface area (Å²) in [6, 6.07) is 6.05. The van der Waals surface area contributed by atoms with Crippen LogP contribution in [0, 0.1) is 6.92 Å². The van der Waals surface area contributed by atoms with Crippen LogP contribution in [0.15, 0.2) is 18.2 Å². The highest BCUT2D eigenvalue weighted by Gasteiger charge is 2.14. The van der Waals surface area contributed by atoms with Crippen LogP contribution in [0.4, 0.5) is 0 Å². The Kier molecular flexibility index (Phi) is 5.26. The Morgan fingerprint density at radius 3 is 2.69 bits per heavy atom. The molecule has 2 unspecified atom stereocenters. The minimum Gasteiger partial charge on any atom is -0.377 e. The molecule has 16 heavy (non-hydrogen) atoms. The molecule has 2 atom stereocenters. The van der Waals surface area contributed by atoms with Crippen molar-refractivity contribution in [1.29, 1.82) is 0 Å². The fourth-order valence-corrected chi connectivity index (χ4v) is 1.94. The van der Waals surface area contributed by atoms with Crippen LogP contribution in [0.3, 0.4) is 0 Å². The largest absolute Gasteiger partial charge is 0.377 e. The first-order valence-corrected chi connectivity index (χ1v) is 6.04. The van der Waals surface area contributed by atoms with E-state index in [0.717, 1.165) is 17.0 Å². The van der Waals surface area contributed by atoms with Crippen molar-refractivity contribution in [2.24, 2.45) is 5.73 Å². The molecule has 1 aromatic carbocycles. The zero-order chi connectivity index (χ0) is 12.1. The first-order valence-electron chi connectivity index (χ1n) is 5.66. The molecule has 0 spiro atoms. The molecule has 2 N–H and O–H groups in total. The quantitative estimate of drug-likeness (QED) is 0.860. The third-order valence-corrected chi connectivity index (χ3v) is 3.05. The lowest BCUT2D eigenvalue weighted by Crippen LogP contribution is -2.36. The lowest BCUT2D eigenvalue weighted by molar-refractivity contribution is 0.0577. The van der Waals surface area contributed by atoms with Crippen LogP contribution < -0.4 is 5.73 Å². The van der Waals surface area contributed by atoms with Gasteiger partial charge in [0.05, 0.1) is 6.10 Å². The molecular formula is C13H20ClNO. The number of nitrogens with two attached hydrogens (primary N) is 1. The molecule has 0 aliphatic carbocycles. The second-order valence-corrected chi connectivity index (χ2v) is 4.53. The van der Waals surface area contributed by atoms with E-state index in [0.29, 0.717) is 6.61 Å². The number of aryl methyl sites for hydroxylation is 1. The Bertz CT molecular complexity index is 341. The van der Waals surface area contributed by atoms with Gasteiger partial charge >= 0.3 is 0 Å². The van der Waals surface area contributed by atoms with Crippen molar-refractivity contribution < 1.29 is 4.74 Å². The Labute approximate surface area is 103 Å². The van der Waals surface area contributed by atoms with Crippen LogP contribution in [-0.4, -0.2) is 18.8 Å². The molecule has 0 amide bonds. The summed E-state index contributed by atoms with van der Waals surface area (Å²) in [6.45, 7) is 6.69. The van der Waals surface area contributed by atoms with Crippen LogP contribution in [0.5, 0.6) is 0 Å². The van der Waals surface area contributed by atoms with Crippen molar-refractivity contribution in [2.45, 2.75) is 39.3 Å². The summed E-state index contributed by atoms with van der Waals surface area (Å²) in [7, 11) is 0. The molecule has 0 radical (unpaired) electrons. The van der Waals surface area contributed by atoms with Gasteiger partial charge in [-0.1, -0.05) is 23.7 Å². The van der Waals surface area contributed by atoms with Gasteiger partial charge in [0.25, 0.3) is 0 Å². The van der Waals surface area contributed by atoms with E-state index in [2.05, 4.69) is 6.07 Å². The minimum atomic E-state index is -0.0137. The van der Waals surface area contributed by atoms with Crippen molar-refractivity contribution in [3.63, 3.8) is 0 Å². The number of rotatable bonds is 5. The molecule has 0 fully saturated rings. The second kappa shape index (κ2) is 6.24. The average Bonchev–Trinajstić information content (AvgIpc) is 2.22. The van der Waals surface area contributed by atoms with Crippen LogP contribution in [0.1, 0.15) is 25.0 Å². The molecule has 90 valence electrons. The third-order valence-electron chi connectivity index (χ3n) is 2.70. The highest BCUT2D eigenvalue weighted by Crippen LogP contribution is 2.19. The maximum Gasteiger partial charge on any atom is 0.0700 e. The van der Waals surface area contributed by atoms with Gasteiger partial charge in [0, 0.05) is 17.7 Å². The van der Waals surface area contributed by atoms with E-state index in [1.165, 1.54) is 5.56 Å². The molecule has 3 heteroatoms. The summed E-state index contributed by atoms with van der Waals surface area (Å²) < 4.78 is 5.47. The smallest absolute Gasteiger partial charge is 0.0700 e. The van der Waals surface area contributed by atoms with Gasteiger partial charge in [-0.05, 0) is 44.4 Å². The highest BCUT2D eigenvalue weighted by molar-refractivity contribution is 6.31. The molecule has 0 heterocycles. The average molecular weight is 242 g/mol. The molecular weight excluding hydrogens is 222 g/mol. The summed E-state index contributed by atoms with van der Waals surface area (Å²) in [4.78, 5) is 0. The molecule has 0 saturated carbocycles. The highest BCUT2D eigenvalue weighted by atomic mass is 35.5. The predicted molar refractivity (Wildman–Crippen MR) is 69.0 cm³/mol. The third kappa shape index (κ3) is 3.78. The first-order chi connectivity index (χ1) is 7.54. The van der Waals surface area contributed by atoms with E-state index in [1.54, 1.807) is 0 Å².